The molecule has 0 aliphatic rings. The number of methoxy groups -OCH3 is 2. The van der Waals surface area contributed by atoms with Crippen LogP contribution >= 0.6 is 12.4 Å². The molecule has 0 aromatic carbocycles. The van der Waals surface area contributed by atoms with Crippen molar-refractivity contribution in [2.75, 3.05) is 34.0 Å². The summed E-state index contributed by atoms with van der Waals surface area (Å²) in [5.41, 5.74) is -0.320. The Hall–Kier alpha value is -0.360. The van der Waals surface area contributed by atoms with E-state index in [2.05, 4.69) is 5.32 Å². The minimum atomic E-state index is -0.810. The first-order valence-corrected chi connectivity index (χ1v) is 4.49. The summed E-state index contributed by atoms with van der Waals surface area (Å²) in [7, 11) is 3.21. The number of carboxylic acid groups (broad SMARTS) is 1. The minimum absolute atomic E-state index is 0. The van der Waals surface area contributed by atoms with Crippen molar-refractivity contribution in [2.45, 2.75) is 18.9 Å². The molecule has 0 aliphatic heterocycles. The highest BCUT2D eigenvalue weighted by molar-refractivity contribution is 5.85. The van der Waals surface area contributed by atoms with Crippen LogP contribution in [0.3, 0.4) is 0 Å². The largest absolute Gasteiger partial charge is 0.481 e. The summed E-state index contributed by atoms with van der Waals surface area (Å²) in [4.78, 5) is 10.3. The molecule has 6 heteroatoms. The monoisotopic (exact) mass is 241 g/mol. The molecular weight excluding hydrogens is 222 g/mol. The van der Waals surface area contributed by atoms with Gasteiger partial charge in [0.1, 0.15) is 0 Å². The van der Waals surface area contributed by atoms with E-state index in [9.17, 15) is 4.79 Å². The van der Waals surface area contributed by atoms with E-state index < -0.39 is 5.97 Å². The minimum Gasteiger partial charge on any atom is -0.481 e. The molecule has 0 aromatic heterocycles. The van der Waals surface area contributed by atoms with Crippen molar-refractivity contribution < 1.29 is 19.4 Å². The molecule has 2 N–H and O–H groups in total. The number of hydrogen-bond acceptors (Lipinski definition) is 4. The van der Waals surface area contributed by atoms with Crippen molar-refractivity contribution in [2.24, 2.45) is 0 Å². The van der Waals surface area contributed by atoms with Crippen molar-refractivity contribution in [1.29, 1.82) is 0 Å². The summed E-state index contributed by atoms with van der Waals surface area (Å²) in [6, 6.07) is 0. The Bertz CT molecular complexity index is 171. The molecule has 0 amide bonds. The highest BCUT2D eigenvalue weighted by atomic mass is 35.5. The summed E-state index contributed by atoms with van der Waals surface area (Å²) in [6.45, 7) is 3.32. The molecule has 5 nitrogen and oxygen atoms in total. The third kappa shape index (κ3) is 8.62. The highest BCUT2D eigenvalue weighted by Crippen LogP contribution is 2.04. The summed E-state index contributed by atoms with van der Waals surface area (Å²) in [5.74, 6) is -0.810. The fourth-order valence-corrected chi connectivity index (χ4v) is 1.25. The topological polar surface area (TPSA) is 67.8 Å². The second-order valence-corrected chi connectivity index (χ2v) is 3.50. The van der Waals surface area contributed by atoms with Crippen LogP contribution in [0, 0.1) is 0 Å². The molecule has 0 aliphatic carbocycles. The number of ether oxygens (including phenoxy) is 2. The van der Waals surface area contributed by atoms with E-state index in [0.29, 0.717) is 19.8 Å². The zero-order chi connectivity index (χ0) is 11.0. The standard InChI is InChI=1S/C9H19NO4.ClH/c1-9(6-13-2,7-14-3)10-5-4-8(11)12;/h10H,4-7H2,1-3H3,(H,11,12);1H. The predicted molar refractivity (Wildman–Crippen MR) is 59.7 cm³/mol. The van der Waals surface area contributed by atoms with Crippen LogP contribution in [-0.4, -0.2) is 50.6 Å². The summed E-state index contributed by atoms with van der Waals surface area (Å²) < 4.78 is 10.1. The molecule has 0 aromatic rings. The Morgan fingerprint density at radius 2 is 1.80 bits per heavy atom. The molecule has 15 heavy (non-hydrogen) atoms. The Kier molecular flexibility index (Phi) is 10.1. The Morgan fingerprint density at radius 1 is 1.33 bits per heavy atom. The van der Waals surface area contributed by atoms with Crippen LogP contribution in [0.15, 0.2) is 0 Å². The normalized spacial score (nSPS) is 10.9. The van der Waals surface area contributed by atoms with Crippen molar-refractivity contribution >= 4 is 18.4 Å². The molecule has 0 bridgehead atoms. The molecule has 0 saturated heterocycles. The molecule has 0 saturated carbocycles. The lowest BCUT2D eigenvalue weighted by Gasteiger charge is -2.29. The van der Waals surface area contributed by atoms with Crippen molar-refractivity contribution in [1.82, 2.24) is 5.32 Å². The summed E-state index contributed by atoms with van der Waals surface area (Å²) >= 11 is 0. The Morgan fingerprint density at radius 3 is 2.13 bits per heavy atom. The van der Waals surface area contributed by atoms with Gasteiger partial charge in [-0.15, -0.1) is 12.4 Å². The Balaban J connectivity index is 0. The average Bonchev–Trinajstić information content (AvgIpc) is 2.03. The van der Waals surface area contributed by atoms with Gasteiger partial charge in [-0.25, -0.2) is 0 Å². The SMILES string of the molecule is COCC(C)(COC)NCCC(=O)O.Cl. The van der Waals surface area contributed by atoms with Crippen molar-refractivity contribution in [3.63, 3.8) is 0 Å². The first-order chi connectivity index (χ1) is 6.54. The number of aliphatic carboxylic acids is 1. The predicted octanol–water partition coefficient (Wildman–Crippen LogP) is 0.524. The van der Waals surface area contributed by atoms with Gasteiger partial charge in [0.15, 0.2) is 0 Å². The maximum absolute atomic E-state index is 10.3. The fraction of sp³-hybridized carbons (Fsp3) is 0.889. The second kappa shape index (κ2) is 8.91. The highest BCUT2D eigenvalue weighted by Gasteiger charge is 2.23. The van der Waals surface area contributed by atoms with Gasteiger partial charge in [-0.2, -0.15) is 0 Å². The lowest BCUT2D eigenvalue weighted by atomic mass is 10.1. The van der Waals surface area contributed by atoms with Gasteiger partial charge in [0.05, 0.1) is 25.2 Å². The second-order valence-electron chi connectivity index (χ2n) is 3.50. The molecule has 0 spiro atoms. The lowest BCUT2D eigenvalue weighted by molar-refractivity contribution is -0.137. The third-order valence-corrected chi connectivity index (χ3v) is 1.82. The van der Waals surface area contributed by atoms with Crippen LogP contribution < -0.4 is 5.32 Å². The van der Waals surface area contributed by atoms with Gasteiger partial charge in [0, 0.05) is 20.8 Å². The van der Waals surface area contributed by atoms with Crippen molar-refractivity contribution in [3.05, 3.63) is 0 Å². The Labute approximate surface area is 96.5 Å². The van der Waals surface area contributed by atoms with Crippen LogP contribution in [-0.2, 0) is 14.3 Å². The van der Waals surface area contributed by atoms with Gasteiger partial charge in [-0.05, 0) is 6.92 Å². The molecule has 0 rings (SSSR count). The van der Waals surface area contributed by atoms with Gasteiger partial charge >= 0.3 is 5.97 Å². The summed E-state index contributed by atoms with van der Waals surface area (Å²) in [5, 5.41) is 11.6. The van der Waals surface area contributed by atoms with Crippen molar-refractivity contribution in [3.8, 4) is 0 Å². The molecule has 0 heterocycles. The number of nitrogens with one attached hydrogen (secondary N) is 1. The number of hydrogen-bond donors (Lipinski definition) is 2. The molecule has 0 radical (unpaired) electrons. The van der Waals surface area contributed by atoms with Gasteiger partial charge in [0.25, 0.3) is 0 Å². The molecule has 0 unspecified atom stereocenters. The van der Waals surface area contributed by atoms with Crippen LogP contribution in [0.2, 0.25) is 0 Å². The van der Waals surface area contributed by atoms with E-state index in [1.807, 2.05) is 6.92 Å². The first-order valence-electron chi connectivity index (χ1n) is 4.49. The number of halogens is 1. The van der Waals surface area contributed by atoms with Crippen LogP contribution in [0.1, 0.15) is 13.3 Å². The van der Waals surface area contributed by atoms with E-state index >= 15 is 0 Å². The van der Waals surface area contributed by atoms with Gasteiger partial charge in [-0.1, -0.05) is 0 Å². The van der Waals surface area contributed by atoms with Crippen LogP contribution in [0.5, 0.6) is 0 Å². The average molecular weight is 242 g/mol. The van der Waals surface area contributed by atoms with E-state index in [1.54, 1.807) is 14.2 Å². The summed E-state index contributed by atoms with van der Waals surface area (Å²) in [6.07, 6.45) is 0.100. The number of carbonyl (C=O) groups is 1. The number of rotatable bonds is 8. The maximum atomic E-state index is 10.3. The molecule has 92 valence electrons. The fourth-order valence-electron chi connectivity index (χ4n) is 1.25. The van der Waals surface area contributed by atoms with Gasteiger partial charge in [0.2, 0.25) is 0 Å². The molecular formula is C9H20ClNO4. The number of carboxylic acids is 1. The van der Waals surface area contributed by atoms with E-state index in [4.69, 9.17) is 14.6 Å². The molecule has 0 atom stereocenters. The first kappa shape index (κ1) is 17.0. The quantitative estimate of drug-likeness (QED) is 0.649. The smallest absolute Gasteiger partial charge is 0.304 e. The molecule has 0 fully saturated rings. The van der Waals surface area contributed by atoms with E-state index in [-0.39, 0.29) is 24.4 Å². The van der Waals surface area contributed by atoms with Gasteiger partial charge in [-0.3, -0.25) is 4.79 Å². The zero-order valence-corrected chi connectivity index (χ0v) is 10.2. The maximum Gasteiger partial charge on any atom is 0.304 e. The van der Waals surface area contributed by atoms with Gasteiger partial charge < -0.3 is 19.9 Å². The zero-order valence-electron chi connectivity index (χ0n) is 9.41. The van der Waals surface area contributed by atoms with E-state index in [0.717, 1.165) is 0 Å². The van der Waals surface area contributed by atoms with Crippen LogP contribution in [0.4, 0.5) is 0 Å². The lowest BCUT2D eigenvalue weighted by Crippen LogP contribution is -2.50. The van der Waals surface area contributed by atoms with E-state index in [1.165, 1.54) is 0 Å². The van der Waals surface area contributed by atoms with Crippen LogP contribution in [0.25, 0.3) is 0 Å². The third-order valence-electron chi connectivity index (χ3n) is 1.82.